The number of thioether (sulfide) groups is 1. The van der Waals surface area contributed by atoms with Crippen LogP contribution in [0.1, 0.15) is 64.5 Å². The van der Waals surface area contributed by atoms with Crippen LogP contribution >= 0.6 is 11.8 Å². The summed E-state index contributed by atoms with van der Waals surface area (Å²) in [6, 6.07) is 5.20. The molecule has 0 aliphatic carbocycles. The number of allylic oxidation sites excluding steroid dienone is 1. The van der Waals surface area contributed by atoms with Gasteiger partial charge in [0.2, 0.25) is 11.1 Å². The van der Waals surface area contributed by atoms with Crippen LogP contribution < -0.4 is 14.8 Å². The number of hydrogen-bond donors (Lipinski definition) is 1. The fourth-order valence-corrected chi connectivity index (χ4v) is 4.54. The molecule has 9 heteroatoms. The Morgan fingerprint density at radius 2 is 2.06 bits per heavy atom. The number of methoxy groups -OCH3 is 1. The minimum Gasteiger partial charge on any atom is -0.493 e. The van der Waals surface area contributed by atoms with E-state index in [1.54, 1.807) is 29.6 Å². The largest absolute Gasteiger partial charge is 0.493 e. The van der Waals surface area contributed by atoms with Gasteiger partial charge in [-0.15, -0.1) is 5.10 Å². The third kappa shape index (κ3) is 6.60. The van der Waals surface area contributed by atoms with E-state index in [0.29, 0.717) is 40.5 Å². The number of fused-ring (bicyclic) bond motifs is 1. The summed E-state index contributed by atoms with van der Waals surface area (Å²) >= 11 is 1.58. The quantitative estimate of drug-likeness (QED) is 0.151. The summed E-state index contributed by atoms with van der Waals surface area (Å²) in [5.41, 5.74) is 1.96. The highest BCUT2D eigenvalue weighted by Gasteiger charge is 2.35. The van der Waals surface area contributed by atoms with Crippen LogP contribution in [0.15, 0.2) is 47.3 Å². The number of unbranched alkanes of at least 4 members (excludes halogenated alkanes) is 3. The zero-order chi connectivity index (χ0) is 25.2. The first-order valence-electron chi connectivity index (χ1n) is 12.2. The Bertz CT molecular complexity index is 1050. The fourth-order valence-electron chi connectivity index (χ4n) is 3.86. The first-order chi connectivity index (χ1) is 17.0. The van der Waals surface area contributed by atoms with Crippen molar-refractivity contribution >= 4 is 23.7 Å². The highest BCUT2D eigenvalue weighted by atomic mass is 32.2. The van der Waals surface area contributed by atoms with Gasteiger partial charge in [-0.05, 0) is 37.5 Å². The third-order valence-corrected chi connectivity index (χ3v) is 6.62. The van der Waals surface area contributed by atoms with E-state index in [-0.39, 0.29) is 6.61 Å². The van der Waals surface area contributed by atoms with Crippen LogP contribution in [0.3, 0.4) is 0 Å². The molecule has 3 rings (SSSR count). The number of anilines is 1. The monoisotopic (exact) mass is 500 g/mol. The second-order valence-electron chi connectivity index (χ2n) is 8.28. The molecule has 1 aromatic carbocycles. The van der Waals surface area contributed by atoms with Crippen molar-refractivity contribution in [1.29, 1.82) is 0 Å². The van der Waals surface area contributed by atoms with Gasteiger partial charge in [0.25, 0.3) is 0 Å². The van der Waals surface area contributed by atoms with Crippen LogP contribution in [-0.2, 0) is 9.53 Å². The average molecular weight is 501 g/mol. The Balaban J connectivity index is 1.97. The summed E-state index contributed by atoms with van der Waals surface area (Å²) in [7, 11) is 1.62. The van der Waals surface area contributed by atoms with Crippen molar-refractivity contribution in [3.63, 3.8) is 0 Å². The predicted octanol–water partition coefficient (Wildman–Crippen LogP) is 5.77. The number of carbonyl (C=O) groups is 1. The van der Waals surface area contributed by atoms with E-state index in [9.17, 15) is 4.79 Å². The van der Waals surface area contributed by atoms with E-state index in [0.717, 1.165) is 30.6 Å². The molecular weight excluding hydrogens is 464 g/mol. The summed E-state index contributed by atoms with van der Waals surface area (Å²) in [6.45, 7) is 10.5. The highest BCUT2D eigenvalue weighted by molar-refractivity contribution is 7.99. The van der Waals surface area contributed by atoms with Crippen LogP contribution in [-0.4, -0.2) is 46.8 Å². The Morgan fingerprint density at radius 1 is 1.23 bits per heavy atom. The minimum atomic E-state index is -0.528. The zero-order valence-corrected chi connectivity index (χ0v) is 22.0. The topological polar surface area (TPSA) is 87.5 Å². The number of benzene rings is 1. The second kappa shape index (κ2) is 13.2. The Morgan fingerprint density at radius 3 is 2.77 bits per heavy atom. The van der Waals surface area contributed by atoms with Gasteiger partial charge in [-0.1, -0.05) is 63.6 Å². The summed E-state index contributed by atoms with van der Waals surface area (Å²) in [5, 5.41) is 8.60. The van der Waals surface area contributed by atoms with E-state index in [1.807, 2.05) is 25.1 Å². The Labute approximate surface area is 212 Å². The lowest BCUT2D eigenvalue weighted by atomic mass is 9.95. The molecule has 1 N–H and O–H groups in total. The molecular formula is C26H36N4O4S. The molecule has 1 aliphatic heterocycles. The Hall–Kier alpha value is -2.94. The number of hydrogen-bond acceptors (Lipinski definition) is 8. The van der Waals surface area contributed by atoms with Crippen LogP contribution in [0.25, 0.3) is 0 Å². The number of nitrogens with zero attached hydrogens (tertiary/aromatic N) is 3. The third-order valence-electron chi connectivity index (χ3n) is 5.58. The van der Waals surface area contributed by atoms with Gasteiger partial charge in [-0.2, -0.15) is 4.98 Å². The van der Waals surface area contributed by atoms with E-state index >= 15 is 0 Å². The molecule has 0 spiro atoms. The second-order valence-corrected chi connectivity index (χ2v) is 9.35. The molecule has 1 aromatic heterocycles. The van der Waals surface area contributed by atoms with Gasteiger partial charge >= 0.3 is 5.97 Å². The van der Waals surface area contributed by atoms with Gasteiger partial charge in [0, 0.05) is 11.4 Å². The van der Waals surface area contributed by atoms with Crippen LogP contribution in [0.2, 0.25) is 0 Å². The standard InChI is InChI=1S/C26H36N4O4S/c1-6-9-10-11-15-33-20-13-12-19(17-21(20)32-5)23-22(24(31)34-14-7-2)18(4)27-25-28-26(29-30(23)25)35-16-8-3/h7,12-13,17,23H,2,6,8-11,14-16H2,1,3-5H3,(H,27,28,29). The number of ether oxygens (including phenoxy) is 3. The Kier molecular flexibility index (Phi) is 10.1. The van der Waals surface area contributed by atoms with Crippen molar-refractivity contribution in [3.8, 4) is 11.5 Å². The van der Waals surface area contributed by atoms with E-state index in [2.05, 4.69) is 30.7 Å². The number of esters is 1. The van der Waals surface area contributed by atoms with Crippen molar-refractivity contribution in [2.24, 2.45) is 0 Å². The molecule has 2 aromatic rings. The molecule has 190 valence electrons. The molecule has 1 aliphatic rings. The predicted molar refractivity (Wildman–Crippen MR) is 139 cm³/mol. The van der Waals surface area contributed by atoms with Gasteiger partial charge in [0.05, 0.1) is 19.3 Å². The van der Waals surface area contributed by atoms with E-state index < -0.39 is 12.0 Å². The number of carbonyl (C=O) groups excluding carboxylic acids is 1. The van der Waals surface area contributed by atoms with Gasteiger partial charge < -0.3 is 19.5 Å². The van der Waals surface area contributed by atoms with Crippen LogP contribution in [0, 0.1) is 0 Å². The molecule has 0 saturated heterocycles. The minimum absolute atomic E-state index is 0.123. The van der Waals surface area contributed by atoms with Crippen molar-refractivity contribution < 1.29 is 19.0 Å². The summed E-state index contributed by atoms with van der Waals surface area (Å²) in [5.74, 6) is 2.35. The van der Waals surface area contributed by atoms with Crippen molar-refractivity contribution in [1.82, 2.24) is 14.8 Å². The molecule has 2 heterocycles. The van der Waals surface area contributed by atoms with Crippen LogP contribution in [0.4, 0.5) is 5.95 Å². The molecule has 1 atom stereocenters. The average Bonchev–Trinajstić information content (AvgIpc) is 3.27. The van der Waals surface area contributed by atoms with Crippen LogP contribution in [0.5, 0.6) is 11.5 Å². The molecule has 0 amide bonds. The van der Waals surface area contributed by atoms with E-state index in [1.165, 1.54) is 12.8 Å². The lowest BCUT2D eigenvalue weighted by Crippen LogP contribution is -2.29. The van der Waals surface area contributed by atoms with Gasteiger partial charge in [0.15, 0.2) is 11.5 Å². The number of aromatic nitrogens is 3. The molecule has 0 bridgehead atoms. The number of rotatable bonds is 14. The molecule has 0 radical (unpaired) electrons. The maximum absolute atomic E-state index is 13.1. The lowest BCUT2D eigenvalue weighted by molar-refractivity contribution is -0.138. The maximum Gasteiger partial charge on any atom is 0.338 e. The SMILES string of the molecule is C=CCOC(=O)C1=C(C)Nc2nc(SCCC)nn2C1c1ccc(OCCCCCC)c(OC)c1. The molecule has 8 nitrogen and oxygen atoms in total. The summed E-state index contributed by atoms with van der Waals surface area (Å²) < 4.78 is 18.8. The molecule has 35 heavy (non-hydrogen) atoms. The highest BCUT2D eigenvalue weighted by Crippen LogP contribution is 2.40. The van der Waals surface area contributed by atoms with Crippen molar-refractivity contribution in [3.05, 3.63) is 47.7 Å². The molecule has 1 unspecified atom stereocenters. The smallest absolute Gasteiger partial charge is 0.338 e. The first-order valence-corrected chi connectivity index (χ1v) is 13.2. The first kappa shape index (κ1) is 26.7. The molecule has 0 saturated carbocycles. The molecule has 0 fully saturated rings. The summed E-state index contributed by atoms with van der Waals surface area (Å²) in [4.78, 5) is 17.7. The maximum atomic E-state index is 13.1. The van der Waals surface area contributed by atoms with E-state index in [4.69, 9.17) is 19.3 Å². The summed E-state index contributed by atoms with van der Waals surface area (Å²) in [6.07, 6.45) is 7.08. The normalized spacial score (nSPS) is 14.8. The number of nitrogens with one attached hydrogen (secondary N) is 1. The fraction of sp³-hybridized carbons (Fsp3) is 0.500. The lowest BCUT2D eigenvalue weighted by Gasteiger charge is -2.28. The van der Waals surface area contributed by atoms with Gasteiger partial charge in [-0.25, -0.2) is 9.48 Å². The van der Waals surface area contributed by atoms with Crippen molar-refractivity contribution in [2.75, 3.05) is 31.4 Å². The van der Waals surface area contributed by atoms with Gasteiger partial charge in [-0.3, -0.25) is 0 Å². The zero-order valence-electron chi connectivity index (χ0n) is 21.1. The van der Waals surface area contributed by atoms with Gasteiger partial charge in [0.1, 0.15) is 12.6 Å². The van der Waals surface area contributed by atoms with Crippen molar-refractivity contribution in [2.45, 2.75) is 64.1 Å².